The second kappa shape index (κ2) is 3.63. The van der Waals surface area contributed by atoms with E-state index in [1.165, 1.54) is 0 Å². The Hall–Kier alpha value is -2.29. The van der Waals surface area contributed by atoms with E-state index in [4.69, 9.17) is 4.74 Å². The second-order valence-corrected chi connectivity index (χ2v) is 3.90. The van der Waals surface area contributed by atoms with Crippen LogP contribution in [0.1, 0.15) is 0 Å². The van der Waals surface area contributed by atoms with Crippen LogP contribution in [0.3, 0.4) is 0 Å². The summed E-state index contributed by atoms with van der Waals surface area (Å²) in [5, 5.41) is 3.48. The fourth-order valence-corrected chi connectivity index (χ4v) is 2.19. The van der Waals surface area contributed by atoms with Crippen LogP contribution in [-0.2, 0) is 0 Å². The highest BCUT2D eigenvalue weighted by Gasteiger charge is 2.08. The van der Waals surface area contributed by atoms with E-state index in [-0.39, 0.29) is 5.56 Å². The minimum absolute atomic E-state index is 0.0856. The van der Waals surface area contributed by atoms with Crippen LogP contribution in [0.4, 0.5) is 0 Å². The highest BCUT2D eigenvalue weighted by atomic mass is 16.5. The van der Waals surface area contributed by atoms with Gasteiger partial charge in [-0.1, -0.05) is 24.3 Å². The first kappa shape index (κ1) is 9.90. The Bertz CT molecular complexity index is 759. The Morgan fingerprint density at radius 1 is 1.12 bits per heavy atom. The van der Waals surface area contributed by atoms with Gasteiger partial charge >= 0.3 is 0 Å². The van der Waals surface area contributed by atoms with Gasteiger partial charge in [0.05, 0.1) is 12.5 Å². The molecule has 3 nitrogen and oxygen atoms in total. The van der Waals surface area contributed by atoms with E-state index >= 15 is 0 Å². The standard InChI is InChI=1S/C14H11NO2/c1-17-12-8-9-4-2-3-5-10(9)13-11(12)6-7-15-14(13)16/h2-8H,1H3,(H,15,16). The van der Waals surface area contributed by atoms with Crippen molar-refractivity contribution in [2.24, 2.45) is 0 Å². The zero-order valence-electron chi connectivity index (χ0n) is 9.36. The second-order valence-electron chi connectivity index (χ2n) is 3.90. The Balaban J connectivity index is 2.67. The van der Waals surface area contributed by atoms with Crippen LogP contribution in [0, 0.1) is 0 Å². The average molecular weight is 225 g/mol. The van der Waals surface area contributed by atoms with Crippen molar-refractivity contribution in [1.29, 1.82) is 0 Å². The number of hydrogen-bond acceptors (Lipinski definition) is 2. The Labute approximate surface area is 97.7 Å². The molecule has 1 N–H and O–H groups in total. The van der Waals surface area contributed by atoms with Crippen LogP contribution in [0.5, 0.6) is 5.75 Å². The number of hydrogen-bond donors (Lipinski definition) is 1. The summed E-state index contributed by atoms with van der Waals surface area (Å²) in [4.78, 5) is 14.7. The molecule has 0 unspecified atom stereocenters. The van der Waals surface area contributed by atoms with Crippen LogP contribution in [0.15, 0.2) is 47.4 Å². The van der Waals surface area contributed by atoms with Crippen molar-refractivity contribution < 1.29 is 4.74 Å². The molecule has 0 radical (unpaired) electrons. The topological polar surface area (TPSA) is 42.1 Å². The summed E-state index contributed by atoms with van der Waals surface area (Å²) in [6.07, 6.45) is 1.64. The molecule has 3 rings (SSSR count). The van der Waals surface area contributed by atoms with Gasteiger partial charge in [-0.05, 0) is 22.9 Å². The maximum absolute atomic E-state index is 11.9. The molecular weight excluding hydrogens is 214 g/mol. The average Bonchev–Trinajstić information content (AvgIpc) is 2.38. The summed E-state index contributed by atoms with van der Waals surface area (Å²) in [5.74, 6) is 0.727. The Morgan fingerprint density at radius 2 is 1.94 bits per heavy atom. The number of aromatic nitrogens is 1. The monoisotopic (exact) mass is 225 g/mol. The van der Waals surface area contributed by atoms with Gasteiger partial charge in [-0.3, -0.25) is 4.79 Å². The van der Waals surface area contributed by atoms with E-state index in [2.05, 4.69) is 4.98 Å². The number of benzene rings is 2. The molecule has 0 fully saturated rings. The third kappa shape index (κ3) is 1.40. The molecule has 0 bridgehead atoms. The molecular formula is C14H11NO2. The van der Waals surface area contributed by atoms with E-state index in [1.807, 2.05) is 36.4 Å². The molecule has 1 aromatic heterocycles. The van der Waals surface area contributed by atoms with E-state index in [1.54, 1.807) is 13.3 Å². The van der Waals surface area contributed by atoms with Gasteiger partial charge in [0.2, 0.25) is 0 Å². The first-order valence-electron chi connectivity index (χ1n) is 5.38. The van der Waals surface area contributed by atoms with Gasteiger partial charge in [-0.2, -0.15) is 0 Å². The van der Waals surface area contributed by atoms with Crippen LogP contribution >= 0.6 is 0 Å². The molecule has 0 saturated carbocycles. The van der Waals surface area contributed by atoms with Gasteiger partial charge < -0.3 is 9.72 Å². The lowest BCUT2D eigenvalue weighted by Crippen LogP contribution is -2.05. The Morgan fingerprint density at radius 3 is 2.76 bits per heavy atom. The number of ether oxygens (including phenoxy) is 1. The number of H-pyrrole nitrogens is 1. The minimum atomic E-state index is -0.0856. The summed E-state index contributed by atoms with van der Waals surface area (Å²) in [7, 11) is 1.62. The number of methoxy groups -OCH3 is 1. The summed E-state index contributed by atoms with van der Waals surface area (Å²) in [6, 6.07) is 11.6. The minimum Gasteiger partial charge on any atom is -0.496 e. The molecule has 0 aliphatic carbocycles. The summed E-state index contributed by atoms with van der Waals surface area (Å²) in [6.45, 7) is 0. The largest absolute Gasteiger partial charge is 0.496 e. The smallest absolute Gasteiger partial charge is 0.256 e. The Kier molecular flexibility index (Phi) is 2.11. The van der Waals surface area contributed by atoms with Crippen molar-refractivity contribution in [3.05, 3.63) is 52.9 Å². The third-order valence-corrected chi connectivity index (χ3v) is 2.96. The molecule has 3 heteroatoms. The number of nitrogens with one attached hydrogen (secondary N) is 1. The lowest BCUT2D eigenvalue weighted by Gasteiger charge is -2.08. The first-order chi connectivity index (χ1) is 8.31. The van der Waals surface area contributed by atoms with Crippen molar-refractivity contribution >= 4 is 21.5 Å². The molecule has 17 heavy (non-hydrogen) atoms. The summed E-state index contributed by atoms with van der Waals surface area (Å²) >= 11 is 0. The van der Waals surface area contributed by atoms with Crippen LogP contribution in [0.2, 0.25) is 0 Å². The maximum Gasteiger partial charge on any atom is 0.256 e. The lowest BCUT2D eigenvalue weighted by molar-refractivity contribution is 0.420. The van der Waals surface area contributed by atoms with Crippen molar-refractivity contribution in [2.75, 3.05) is 7.11 Å². The van der Waals surface area contributed by atoms with E-state index in [9.17, 15) is 4.79 Å². The third-order valence-electron chi connectivity index (χ3n) is 2.96. The number of aromatic amines is 1. The molecule has 0 aliphatic rings. The highest BCUT2D eigenvalue weighted by Crippen LogP contribution is 2.30. The van der Waals surface area contributed by atoms with Gasteiger partial charge in [0.1, 0.15) is 5.75 Å². The molecule has 3 aromatic rings. The molecule has 0 saturated heterocycles. The van der Waals surface area contributed by atoms with Gasteiger partial charge in [0.25, 0.3) is 5.56 Å². The van der Waals surface area contributed by atoms with Crippen molar-refractivity contribution in [3.63, 3.8) is 0 Å². The zero-order valence-corrected chi connectivity index (χ0v) is 9.36. The predicted octanol–water partition coefficient (Wildman–Crippen LogP) is 2.69. The molecule has 0 atom stereocenters. The molecule has 0 spiro atoms. The van der Waals surface area contributed by atoms with Crippen molar-refractivity contribution in [1.82, 2.24) is 4.98 Å². The molecule has 2 aromatic carbocycles. The number of fused-ring (bicyclic) bond motifs is 3. The van der Waals surface area contributed by atoms with E-state index in [0.717, 1.165) is 21.9 Å². The summed E-state index contributed by atoms with van der Waals surface area (Å²) in [5.41, 5.74) is -0.0856. The van der Waals surface area contributed by atoms with Crippen molar-refractivity contribution in [2.45, 2.75) is 0 Å². The predicted molar refractivity (Wildman–Crippen MR) is 68.6 cm³/mol. The SMILES string of the molecule is COc1cc2ccccc2c2c(=O)[nH]ccc12. The molecule has 0 aliphatic heterocycles. The van der Waals surface area contributed by atoms with Crippen molar-refractivity contribution in [3.8, 4) is 5.75 Å². The van der Waals surface area contributed by atoms with Crippen LogP contribution in [-0.4, -0.2) is 12.1 Å². The van der Waals surface area contributed by atoms with Gasteiger partial charge in [-0.15, -0.1) is 0 Å². The van der Waals surface area contributed by atoms with E-state index in [0.29, 0.717) is 5.39 Å². The number of pyridine rings is 1. The summed E-state index contributed by atoms with van der Waals surface area (Å²) < 4.78 is 5.34. The normalized spacial score (nSPS) is 10.9. The lowest BCUT2D eigenvalue weighted by atomic mass is 10.0. The molecule has 84 valence electrons. The van der Waals surface area contributed by atoms with Gasteiger partial charge in [-0.25, -0.2) is 0 Å². The van der Waals surface area contributed by atoms with E-state index < -0.39 is 0 Å². The van der Waals surface area contributed by atoms with Gasteiger partial charge in [0.15, 0.2) is 0 Å². The first-order valence-corrected chi connectivity index (χ1v) is 5.38. The number of rotatable bonds is 1. The maximum atomic E-state index is 11.9. The fraction of sp³-hybridized carbons (Fsp3) is 0.0714. The fourth-order valence-electron chi connectivity index (χ4n) is 2.19. The highest BCUT2D eigenvalue weighted by molar-refractivity contribution is 6.09. The zero-order chi connectivity index (χ0) is 11.8. The quantitative estimate of drug-likeness (QED) is 0.647. The molecule has 0 amide bonds. The van der Waals surface area contributed by atoms with Crippen LogP contribution < -0.4 is 10.3 Å². The van der Waals surface area contributed by atoms with Gasteiger partial charge in [0, 0.05) is 11.6 Å². The molecule has 1 heterocycles. The van der Waals surface area contributed by atoms with Crippen LogP contribution in [0.25, 0.3) is 21.5 Å².